The number of sulfonamides is 1. The average Bonchev–Trinajstić information content (AvgIpc) is 3.62. The third-order valence-corrected chi connectivity index (χ3v) is 8.61. The van der Waals surface area contributed by atoms with Gasteiger partial charge in [-0.15, -0.1) is 0 Å². The Morgan fingerprint density at radius 1 is 1.00 bits per heavy atom. The molecule has 2 heterocycles. The lowest BCUT2D eigenvalue weighted by molar-refractivity contribution is -0.145. The van der Waals surface area contributed by atoms with Crippen LogP contribution < -0.4 is 10.1 Å². The second-order valence-electron chi connectivity index (χ2n) is 9.26. The van der Waals surface area contributed by atoms with Crippen LogP contribution in [0.1, 0.15) is 31.2 Å². The lowest BCUT2D eigenvalue weighted by Gasteiger charge is -2.25. The molecular weight excluding hydrogens is 514 g/mol. The Morgan fingerprint density at radius 3 is 2.29 bits per heavy atom. The molecule has 2 aliphatic heterocycles. The molecule has 0 aliphatic carbocycles. The number of phenolic OH excluding ortho intramolecular Hbond substituents is 1. The van der Waals surface area contributed by atoms with Gasteiger partial charge in [0.1, 0.15) is 23.6 Å². The fraction of sp³-hybridized carbons (Fsp3) is 0.423. The zero-order valence-corrected chi connectivity index (χ0v) is 21.9. The Labute approximate surface area is 221 Å². The Morgan fingerprint density at radius 2 is 1.66 bits per heavy atom. The molecule has 38 heavy (non-hydrogen) atoms. The van der Waals surface area contributed by atoms with Crippen molar-refractivity contribution in [3.8, 4) is 11.5 Å². The predicted molar refractivity (Wildman–Crippen MR) is 136 cm³/mol. The third kappa shape index (κ3) is 6.25. The molecule has 0 radical (unpaired) electrons. The summed E-state index contributed by atoms with van der Waals surface area (Å²) >= 11 is 0. The fourth-order valence-corrected chi connectivity index (χ4v) is 6.30. The number of likely N-dealkylation sites (tertiary alicyclic amines) is 1. The Hall–Kier alpha value is -3.64. The van der Waals surface area contributed by atoms with Crippen LogP contribution >= 0.6 is 0 Å². The molecule has 4 rings (SSSR count). The summed E-state index contributed by atoms with van der Waals surface area (Å²) < 4.78 is 37.7. The molecule has 2 aromatic rings. The summed E-state index contributed by atoms with van der Waals surface area (Å²) in [5, 5.41) is 12.1. The number of amides is 2. The minimum atomic E-state index is -3.99. The molecule has 1 unspecified atom stereocenters. The molecule has 2 fully saturated rings. The van der Waals surface area contributed by atoms with Gasteiger partial charge in [-0.1, -0.05) is 12.1 Å². The number of ether oxygens (including phenoxy) is 2. The van der Waals surface area contributed by atoms with E-state index in [1.165, 1.54) is 31.4 Å². The van der Waals surface area contributed by atoms with Gasteiger partial charge in [-0.2, -0.15) is 4.31 Å². The number of hydrogen-bond donors (Lipinski definition) is 2. The number of rotatable bonds is 8. The summed E-state index contributed by atoms with van der Waals surface area (Å²) in [7, 11) is -2.78. The normalized spacial score (nSPS) is 18.7. The van der Waals surface area contributed by atoms with E-state index in [0.717, 1.165) is 17.1 Å². The van der Waals surface area contributed by atoms with Crippen LogP contribution in [0.4, 0.5) is 4.79 Å². The van der Waals surface area contributed by atoms with Gasteiger partial charge in [0.05, 0.1) is 12.0 Å². The Kier molecular flexibility index (Phi) is 8.52. The summed E-state index contributed by atoms with van der Waals surface area (Å²) in [5.41, 5.74) is 0.682. The molecule has 0 bridgehead atoms. The van der Waals surface area contributed by atoms with Crippen LogP contribution in [-0.2, 0) is 30.8 Å². The number of phenols is 1. The predicted octanol–water partition coefficient (Wildman–Crippen LogP) is 2.04. The number of nitrogens with zero attached hydrogens (tertiary/aromatic N) is 2. The van der Waals surface area contributed by atoms with E-state index in [2.05, 4.69) is 5.32 Å². The van der Waals surface area contributed by atoms with E-state index in [9.17, 15) is 27.9 Å². The number of benzene rings is 2. The van der Waals surface area contributed by atoms with Crippen molar-refractivity contribution in [2.45, 2.75) is 49.1 Å². The van der Waals surface area contributed by atoms with E-state index in [-0.39, 0.29) is 23.6 Å². The summed E-state index contributed by atoms with van der Waals surface area (Å²) in [6.45, 7) is 1.50. The lowest BCUT2D eigenvalue weighted by Crippen LogP contribution is -2.51. The highest BCUT2D eigenvalue weighted by Crippen LogP contribution is 2.27. The highest BCUT2D eigenvalue weighted by Gasteiger charge is 2.40. The van der Waals surface area contributed by atoms with Gasteiger partial charge in [-0.3, -0.25) is 4.79 Å². The molecule has 12 heteroatoms. The van der Waals surface area contributed by atoms with Crippen molar-refractivity contribution in [2.75, 3.05) is 26.7 Å². The Bertz CT molecular complexity index is 1260. The van der Waals surface area contributed by atoms with Gasteiger partial charge in [0.2, 0.25) is 15.9 Å². The first-order valence-corrected chi connectivity index (χ1v) is 13.9. The monoisotopic (exact) mass is 545 g/mol. The summed E-state index contributed by atoms with van der Waals surface area (Å²) in [4.78, 5) is 39.5. The first-order chi connectivity index (χ1) is 18.2. The second-order valence-corrected chi connectivity index (χ2v) is 11.2. The average molecular weight is 546 g/mol. The first kappa shape index (κ1) is 27.4. The van der Waals surface area contributed by atoms with Gasteiger partial charge in [0, 0.05) is 26.1 Å². The molecule has 2 amide bonds. The zero-order valence-electron chi connectivity index (χ0n) is 21.0. The van der Waals surface area contributed by atoms with Gasteiger partial charge in [0.25, 0.3) is 0 Å². The third-order valence-electron chi connectivity index (χ3n) is 6.68. The fourth-order valence-electron chi connectivity index (χ4n) is 4.64. The van der Waals surface area contributed by atoms with Crippen molar-refractivity contribution in [1.29, 1.82) is 0 Å². The van der Waals surface area contributed by atoms with Gasteiger partial charge in [-0.05, 0) is 67.6 Å². The van der Waals surface area contributed by atoms with E-state index in [1.807, 2.05) is 0 Å². The molecular formula is C26H31N3O8S. The van der Waals surface area contributed by atoms with Crippen molar-refractivity contribution >= 4 is 28.0 Å². The van der Waals surface area contributed by atoms with Crippen LogP contribution in [-0.4, -0.2) is 79.5 Å². The topological polar surface area (TPSA) is 143 Å². The molecule has 204 valence electrons. The van der Waals surface area contributed by atoms with Crippen LogP contribution in [0.5, 0.6) is 11.5 Å². The molecule has 2 atom stereocenters. The zero-order chi connectivity index (χ0) is 27.3. The number of carbonyl (C=O) groups excluding carboxylic acids is 3. The second kappa shape index (κ2) is 11.8. The SMILES string of the molecule is COC(=O)C(Cc1ccc(OC(=O)N2CCCC2)cc1)NC(=O)[C@@H]1CCCN1S(=O)(=O)c1ccc(O)cc1. The van der Waals surface area contributed by atoms with E-state index >= 15 is 0 Å². The maximum Gasteiger partial charge on any atom is 0.415 e. The molecule has 11 nitrogen and oxygen atoms in total. The van der Waals surface area contributed by atoms with Crippen molar-refractivity contribution in [2.24, 2.45) is 0 Å². The van der Waals surface area contributed by atoms with Crippen molar-refractivity contribution in [3.63, 3.8) is 0 Å². The summed E-state index contributed by atoms with van der Waals surface area (Å²) in [6.07, 6.45) is 2.38. The molecule has 2 aromatic carbocycles. The number of methoxy groups -OCH3 is 1. The van der Waals surface area contributed by atoms with Crippen LogP contribution in [0.2, 0.25) is 0 Å². The van der Waals surface area contributed by atoms with E-state index in [4.69, 9.17) is 9.47 Å². The van der Waals surface area contributed by atoms with E-state index < -0.39 is 40.1 Å². The standard InChI is InChI=1S/C26H31N3O8S/c1-36-25(32)22(17-18-6-10-20(11-7-18)37-26(33)28-14-2-3-15-28)27-24(31)23-5-4-16-29(23)38(34,35)21-12-8-19(30)9-13-21/h6-13,22-23,30H,2-5,14-17H2,1H3,(H,27,31)/t22?,23-/m0/s1. The Balaban J connectivity index is 1.42. The van der Waals surface area contributed by atoms with Crippen LogP contribution in [0.25, 0.3) is 0 Å². The number of carbonyl (C=O) groups is 3. The van der Waals surface area contributed by atoms with Gasteiger partial charge >= 0.3 is 12.1 Å². The largest absolute Gasteiger partial charge is 0.508 e. The van der Waals surface area contributed by atoms with Gasteiger partial charge < -0.3 is 24.8 Å². The number of nitrogens with one attached hydrogen (secondary N) is 1. The van der Waals surface area contributed by atoms with E-state index in [0.29, 0.717) is 37.2 Å². The van der Waals surface area contributed by atoms with Crippen molar-refractivity contribution in [3.05, 3.63) is 54.1 Å². The van der Waals surface area contributed by atoms with Crippen LogP contribution in [0, 0.1) is 0 Å². The van der Waals surface area contributed by atoms with E-state index in [1.54, 1.807) is 29.2 Å². The maximum absolute atomic E-state index is 13.2. The number of esters is 1. The van der Waals surface area contributed by atoms with Crippen molar-refractivity contribution in [1.82, 2.24) is 14.5 Å². The van der Waals surface area contributed by atoms with Crippen LogP contribution in [0.3, 0.4) is 0 Å². The quantitative estimate of drug-likeness (QED) is 0.480. The van der Waals surface area contributed by atoms with Gasteiger partial charge in [-0.25, -0.2) is 18.0 Å². The maximum atomic E-state index is 13.2. The molecule has 0 saturated carbocycles. The highest BCUT2D eigenvalue weighted by atomic mass is 32.2. The molecule has 0 spiro atoms. The van der Waals surface area contributed by atoms with Crippen molar-refractivity contribution < 1.29 is 37.4 Å². The molecule has 2 saturated heterocycles. The minimum Gasteiger partial charge on any atom is -0.508 e. The molecule has 2 N–H and O–H groups in total. The summed E-state index contributed by atoms with van der Waals surface area (Å²) in [5.74, 6) is -0.978. The number of aromatic hydroxyl groups is 1. The molecule has 2 aliphatic rings. The lowest BCUT2D eigenvalue weighted by atomic mass is 10.0. The smallest absolute Gasteiger partial charge is 0.415 e. The molecule has 0 aromatic heterocycles. The first-order valence-electron chi connectivity index (χ1n) is 12.4. The minimum absolute atomic E-state index is 0.0370. The highest BCUT2D eigenvalue weighted by molar-refractivity contribution is 7.89. The van der Waals surface area contributed by atoms with Gasteiger partial charge in [0.15, 0.2) is 0 Å². The summed E-state index contributed by atoms with van der Waals surface area (Å²) in [6, 6.07) is 9.65. The number of hydrogen-bond acceptors (Lipinski definition) is 8. The van der Waals surface area contributed by atoms with Crippen LogP contribution in [0.15, 0.2) is 53.4 Å².